The molecule has 2 amide bonds. The molecule has 0 spiro atoms. The van der Waals surface area contributed by atoms with Gasteiger partial charge in [0.1, 0.15) is 5.02 Å². The molecule has 0 aliphatic heterocycles. The lowest BCUT2D eigenvalue weighted by atomic mass is 10.2. The molecule has 1 N–H and O–H groups in total. The Morgan fingerprint density at radius 1 is 1.50 bits per heavy atom. The van der Waals surface area contributed by atoms with E-state index in [1.165, 1.54) is 17.2 Å². The molecule has 116 valence electrons. The summed E-state index contributed by atoms with van der Waals surface area (Å²) >= 11 is 5.91. The molecule has 0 aliphatic carbocycles. The average molecular weight is 322 g/mol. The first-order chi connectivity index (χ1) is 10.5. The zero-order valence-electron chi connectivity index (χ0n) is 12.1. The van der Waals surface area contributed by atoms with Crippen LogP contribution in [0.25, 0.3) is 5.65 Å². The van der Waals surface area contributed by atoms with Crippen LogP contribution in [0.5, 0.6) is 0 Å². The third kappa shape index (κ3) is 3.82. The van der Waals surface area contributed by atoms with Crippen LogP contribution in [-0.4, -0.2) is 51.4 Å². The van der Waals surface area contributed by atoms with E-state index in [-0.39, 0.29) is 18.4 Å². The minimum atomic E-state index is -0.291. The summed E-state index contributed by atoms with van der Waals surface area (Å²) < 4.78 is 1.59. The highest BCUT2D eigenvalue weighted by Gasteiger charge is 2.09. The topological polar surface area (TPSA) is 79.6 Å². The lowest BCUT2D eigenvalue weighted by Crippen LogP contribution is -2.38. The molecule has 2 aromatic heterocycles. The van der Waals surface area contributed by atoms with E-state index in [1.807, 2.05) is 6.20 Å². The van der Waals surface area contributed by atoms with Crippen LogP contribution in [-0.2, 0) is 16.0 Å². The van der Waals surface area contributed by atoms with Crippen molar-refractivity contribution in [2.24, 2.45) is 0 Å². The SMILES string of the molecule is C=CC(=O)N(C)CC(=O)NCCc1cnc2c(Cl)cnn2c1. The molecule has 22 heavy (non-hydrogen) atoms. The van der Waals surface area contributed by atoms with Crippen LogP contribution in [0.2, 0.25) is 5.02 Å². The molecule has 0 bridgehead atoms. The Morgan fingerprint density at radius 3 is 3.00 bits per heavy atom. The van der Waals surface area contributed by atoms with Gasteiger partial charge in [-0.2, -0.15) is 5.10 Å². The van der Waals surface area contributed by atoms with Crippen LogP contribution in [0, 0.1) is 0 Å². The van der Waals surface area contributed by atoms with Gasteiger partial charge in [-0.05, 0) is 18.1 Å². The van der Waals surface area contributed by atoms with E-state index in [2.05, 4.69) is 22.0 Å². The normalized spacial score (nSPS) is 10.5. The number of carbonyl (C=O) groups excluding carboxylic acids is 2. The summed E-state index contributed by atoms with van der Waals surface area (Å²) in [7, 11) is 1.54. The van der Waals surface area contributed by atoms with Gasteiger partial charge in [0.15, 0.2) is 5.65 Å². The largest absolute Gasteiger partial charge is 0.354 e. The molecule has 0 aromatic carbocycles. The molecule has 2 heterocycles. The van der Waals surface area contributed by atoms with Gasteiger partial charge < -0.3 is 10.2 Å². The van der Waals surface area contributed by atoms with Crippen molar-refractivity contribution in [3.05, 3.63) is 41.8 Å². The summed E-state index contributed by atoms with van der Waals surface area (Å²) in [6.07, 6.45) is 6.81. The Bertz CT molecular complexity index is 712. The Labute approximate surface area is 132 Å². The third-order valence-electron chi connectivity index (χ3n) is 3.03. The highest BCUT2D eigenvalue weighted by atomic mass is 35.5. The van der Waals surface area contributed by atoms with Crippen molar-refractivity contribution >= 4 is 29.1 Å². The van der Waals surface area contributed by atoms with E-state index in [4.69, 9.17) is 11.6 Å². The number of halogens is 1. The first-order valence-electron chi connectivity index (χ1n) is 6.63. The average Bonchev–Trinajstić information content (AvgIpc) is 2.87. The molecular weight excluding hydrogens is 306 g/mol. The molecule has 7 nitrogen and oxygen atoms in total. The van der Waals surface area contributed by atoms with E-state index in [1.54, 1.807) is 17.8 Å². The maximum absolute atomic E-state index is 11.7. The van der Waals surface area contributed by atoms with Crippen LogP contribution in [0.3, 0.4) is 0 Å². The Hall–Kier alpha value is -2.41. The molecule has 2 aromatic rings. The molecule has 2 rings (SSSR count). The second-order valence-electron chi connectivity index (χ2n) is 4.72. The van der Waals surface area contributed by atoms with Crippen molar-refractivity contribution in [3.8, 4) is 0 Å². The zero-order chi connectivity index (χ0) is 16.1. The molecule has 0 aliphatic rings. The number of hydrogen-bond donors (Lipinski definition) is 1. The molecule has 0 unspecified atom stereocenters. The van der Waals surface area contributed by atoms with Gasteiger partial charge in [0, 0.05) is 26.0 Å². The maximum Gasteiger partial charge on any atom is 0.246 e. The van der Waals surface area contributed by atoms with Gasteiger partial charge in [-0.15, -0.1) is 0 Å². The summed E-state index contributed by atoms with van der Waals surface area (Å²) in [5.74, 6) is -0.519. The maximum atomic E-state index is 11.7. The highest BCUT2D eigenvalue weighted by molar-refractivity contribution is 6.33. The van der Waals surface area contributed by atoms with Gasteiger partial charge in [0.25, 0.3) is 0 Å². The fourth-order valence-corrected chi connectivity index (χ4v) is 2.04. The van der Waals surface area contributed by atoms with E-state index in [9.17, 15) is 9.59 Å². The van der Waals surface area contributed by atoms with Crippen LogP contribution in [0.4, 0.5) is 0 Å². The van der Waals surface area contributed by atoms with Crippen molar-refractivity contribution in [1.29, 1.82) is 0 Å². The van der Waals surface area contributed by atoms with Crippen LogP contribution in [0.1, 0.15) is 5.56 Å². The second kappa shape index (κ2) is 7.04. The van der Waals surface area contributed by atoms with Crippen molar-refractivity contribution in [1.82, 2.24) is 24.8 Å². The first kappa shape index (κ1) is 16.0. The van der Waals surface area contributed by atoms with Crippen molar-refractivity contribution in [2.45, 2.75) is 6.42 Å². The first-order valence-corrected chi connectivity index (χ1v) is 7.01. The fraction of sp³-hybridized carbons (Fsp3) is 0.286. The van der Waals surface area contributed by atoms with Crippen LogP contribution in [0.15, 0.2) is 31.2 Å². The predicted octanol–water partition coefficient (Wildman–Crippen LogP) is 0.686. The minimum Gasteiger partial charge on any atom is -0.354 e. The second-order valence-corrected chi connectivity index (χ2v) is 5.13. The molecule has 0 atom stereocenters. The number of fused-ring (bicyclic) bond motifs is 1. The van der Waals surface area contributed by atoms with E-state index >= 15 is 0 Å². The standard InChI is InChI=1S/C14H16ClN5O2/c1-3-13(22)19(2)9-12(21)16-5-4-10-6-17-14-11(15)7-18-20(14)8-10/h3,6-8H,1,4-5,9H2,2H3,(H,16,21). The summed E-state index contributed by atoms with van der Waals surface area (Å²) in [6, 6.07) is 0. The molecule has 0 fully saturated rings. The fourth-order valence-electron chi connectivity index (χ4n) is 1.86. The molecule has 8 heteroatoms. The van der Waals surface area contributed by atoms with Gasteiger partial charge in [-0.1, -0.05) is 18.2 Å². The van der Waals surface area contributed by atoms with E-state index in [0.29, 0.717) is 23.6 Å². The number of nitrogens with one attached hydrogen (secondary N) is 1. The molecule has 0 saturated heterocycles. The summed E-state index contributed by atoms with van der Waals surface area (Å²) in [5.41, 5.74) is 1.52. The van der Waals surface area contributed by atoms with Crippen LogP contribution >= 0.6 is 11.6 Å². The van der Waals surface area contributed by atoms with Crippen molar-refractivity contribution < 1.29 is 9.59 Å². The number of carbonyl (C=O) groups is 2. The number of rotatable bonds is 6. The lowest BCUT2D eigenvalue weighted by molar-refractivity contribution is -0.131. The molecule has 0 saturated carbocycles. The quantitative estimate of drug-likeness (QED) is 0.794. The van der Waals surface area contributed by atoms with Crippen LogP contribution < -0.4 is 5.32 Å². The summed E-state index contributed by atoms with van der Waals surface area (Å²) in [4.78, 5) is 28.5. The van der Waals surface area contributed by atoms with Gasteiger partial charge in [0.05, 0.1) is 12.7 Å². The van der Waals surface area contributed by atoms with Crippen molar-refractivity contribution in [3.63, 3.8) is 0 Å². The molecule has 0 radical (unpaired) electrons. The van der Waals surface area contributed by atoms with Crippen molar-refractivity contribution in [2.75, 3.05) is 20.1 Å². The van der Waals surface area contributed by atoms with Gasteiger partial charge in [0.2, 0.25) is 11.8 Å². The predicted molar refractivity (Wildman–Crippen MR) is 82.5 cm³/mol. The number of likely N-dealkylation sites (N-methyl/N-ethyl adjacent to an activating group) is 1. The lowest BCUT2D eigenvalue weighted by Gasteiger charge is -2.14. The smallest absolute Gasteiger partial charge is 0.246 e. The number of amides is 2. The highest BCUT2D eigenvalue weighted by Crippen LogP contribution is 2.13. The number of hydrogen-bond acceptors (Lipinski definition) is 4. The summed E-state index contributed by atoms with van der Waals surface area (Å²) in [5, 5.41) is 7.31. The van der Waals surface area contributed by atoms with Gasteiger partial charge in [-0.3, -0.25) is 9.59 Å². The Kier molecular flexibility index (Phi) is 5.11. The summed E-state index contributed by atoms with van der Waals surface area (Å²) in [6.45, 7) is 3.81. The number of nitrogens with zero attached hydrogens (tertiary/aromatic N) is 4. The minimum absolute atomic E-state index is 0.00307. The van der Waals surface area contributed by atoms with E-state index in [0.717, 1.165) is 5.56 Å². The Balaban J connectivity index is 1.83. The zero-order valence-corrected chi connectivity index (χ0v) is 12.9. The molecular formula is C14H16ClN5O2. The van der Waals surface area contributed by atoms with Gasteiger partial charge >= 0.3 is 0 Å². The monoisotopic (exact) mass is 321 g/mol. The van der Waals surface area contributed by atoms with E-state index < -0.39 is 0 Å². The Morgan fingerprint density at radius 2 is 2.27 bits per heavy atom. The third-order valence-corrected chi connectivity index (χ3v) is 3.30. The number of aromatic nitrogens is 3. The van der Waals surface area contributed by atoms with Gasteiger partial charge in [-0.25, -0.2) is 9.50 Å².